The fraction of sp³-hybridized carbons (Fsp3) is 0.111. The lowest BCUT2D eigenvalue weighted by Gasteiger charge is -1.90. The van der Waals surface area contributed by atoms with Gasteiger partial charge in [0.1, 0.15) is 17.9 Å². The van der Waals surface area contributed by atoms with Gasteiger partial charge in [0.15, 0.2) is 5.82 Å². The number of pyridine rings is 1. The van der Waals surface area contributed by atoms with E-state index in [1.165, 1.54) is 0 Å². The van der Waals surface area contributed by atoms with Gasteiger partial charge in [0.2, 0.25) is 0 Å². The third kappa shape index (κ3) is 2.16. The van der Waals surface area contributed by atoms with Gasteiger partial charge < -0.3 is 5.11 Å². The molecular weight excluding hydrogens is 196 g/mol. The van der Waals surface area contributed by atoms with Gasteiger partial charge in [0.05, 0.1) is 0 Å². The average Bonchev–Trinajstić information content (AvgIpc) is 2.67. The zero-order valence-electron chi connectivity index (χ0n) is 7.71. The van der Waals surface area contributed by atoms with Crippen LogP contribution in [0.1, 0.15) is 5.82 Å². The lowest BCUT2D eigenvalue weighted by atomic mass is 10.3. The zero-order valence-corrected chi connectivity index (χ0v) is 7.71. The van der Waals surface area contributed by atoms with Crippen molar-refractivity contribution in [2.75, 3.05) is 0 Å². The number of carboxylic acid groups (broad SMARTS) is 1. The van der Waals surface area contributed by atoms with E-state index in [0.717, 1.165) is 0 Å². The van der Waals surface area contributed by atoms with Gasteiger partial charge in [0.25, 0.3) is 0 Å². The number of carbonyl (C=O) groups is 1. The van der Waals surface area contributed by atoms with Crippen molar-refractivity contribution in [3.05, 3.63) is 30.2 Å². The predicted octanol–water partition coefficient (Wildman–Crippen LogP) is 0.494. The molecule has 0 unspecified atom stereocenters. The lowest BCUT2D eigenvalue weighted by molar-refractivity contribution is -0.136. The van der Waals surface area contributed by atoms with Crippen molar-refractivity contribution in [2.45, 2.75) is 6.42 Å². The van der Waals surface area contributed by atoms with Crippen molar-refractivity contribution >= 4 is 5.97 Å². The van der Waals surface area contributed by atoms with Crippen molar-refractivity contribution in [1.29, 1.82) is 0 Å². The van der Waals surface area contributed by atoms with Crippen LogP contribution < -0.4 is 0 Å². The molecule has 0 aliphatic heterocycles. The second-order valence-corrected chi connectivity index (χ2v) is 2.89. The first kappa shape index (κ1) is 9.32. The molecule has 0 amide bonds. The minimum Gasteiger partial charge on any atom is -0.481 e. The molecule has 0 atom stereocenters. The van der Waals surface area contributed by atoms with Crippen molar-refractivity contribution in [2.24, 2.45) is 0 Å². The monoisotopic (exact) mass is 204 g/mol. The molecule has 15 heavy (non-hydrogen) atoms. The van der Waals surface area contributed by atoms with Gasteiger partial charge >= 0.3 is 5.97 Å². The van der Waals surface area contributed by atoms with Crippen LogP contribution in [0, 0.1) is 0 Å². The lowest BCUT2D eigenvalue weighted by Crippen LogP contribution is -2.01. The molecule has 0 bridgehead atoms. The Morgan fingerprint density at radius 2 is 2.33 bits per heavy atom. The molecule has 6 nitrogen and oxygen atoms in total. The summed E-state index contributed by atoms with van der Waals surface area (Å²) in [6.45, 7) is 0. The SMILES string of the molecule is O=C(O)Cc1nc(-c2ccccn2)n[nH]1. The molecule has 6 heteroatoms. The Hall–Kier alpha value is -2.24. The van der Waals surface area contributed by atoms with Gasteiger partial charge in [-0.1, -0.05) is 6.07 Å². The van der Waals surface area contributed by atoms with Gasteiger partial charge in [-0.15, -0.1) is 0 Å². The highest BCUT2D eigenvalue weighted by Crippen LogP contribution is 2.09. The molecule has 0 saturated heterocycles. The summed E-state index contributed by atoms with van der Waals surface area (Å²) in [5, 5.41) is 15.0. The van der Waals surface area contributed by atoms with Gasteiger partial charge in [0, 0.05) is 6.20 Å². The van der Waals surface area contributed by atoms with E-state index < -0.39 is 5.97 Å². The van der Waals surface area contributed by atoms with E-state index in [4.69, 9.17) is 5.11 Å². The Bertz CT molecular complexity index is 466. The summed E-state index contributed by atoms with van der Waals surface area (Å²) in [5.74, 6) is -0.214. The number of hydrogen-bond acceptors (Lipinski definition) is 4. The van der Waals surface area contributed by atoms with Gasteiger partial charge in [-0.25, -0.2) is 4.98 Å². The molecule has 76 valence electrons. The maximum Gasteiger partial charge on any atom is 0.311 e. The molecule has 2 heterocycles. The molecule has 0 saturated carbocycles. The second-order valence-electron chi connectivity index (χ2n) is 2.89. The number of H-pyrrole nitrogens is 1. The number of hydrogen-bond donors (Lipinski definition) is 2. The quantitative estimate of drug-likeness (QED) is 0.759. The number of nitrogens with zero attached hydrogens (tertiary/aromatic N) is 3. The first-order chi connectivity index (χ1) is 7.25. The van der Waals surface area contributed by atoms with Crippen molar-refractivity contribution in [1.82, 2.24) is 20.2 Å². The van der Waals surface area contributed by atoms with Crippen molar-refractivity contribution < 1.29 is 9.90 Å². The molecule has 2 rings (SSSR count). The largest absolute Gasteiger partial charge is 0.481 e. The number of rotatable bonds is 3. The van der Waals surface area contributed by atoms with E-state index in [0.29, 0.717) is 17.3 Å². The van der Waals surface area contributed by atoms with Crippen LogP contribution in [-0.4, -0.2) is 31.2 Å². The highest BCUT2D eigenvalue weighted by Gasteiger charge is 2.08. The predicted molar refractivity (Wildman–Crippen MR) is 51.0 cm³/mol. The maximum atomic E-state index is 10.4. The summed E-state index contributed by atoms with van der Waals surface area (Å²) >= 11 is 0. The highest BCUT2D eigenvalue weighted by atomic mass is 16.4. The molecule has 2 N–H and O–H groups in total. The fourth-order valence-corrected chi connectivity index (χ4v) is 1.13. The van der Waals surface area contributed by atoms with E-state index in [-0.39, 0.29) is 6.42 Å². The maximum absolute atomic E-state index is 10.4. The molecular formula is C9H8N4O2. The summed E-state index contributed by atoms with van der Waals surface area (Å²) in [6, 6.07) is 5.36. The van der Waals surface area contributed by atoms with Crippen molar-refractivity contribution in [3.63, 3.8) is 0 Å². The van der Waals surface area contributed by atoms with E-state index in [2.05, 4.69) is 20.2 Å². The van der Waals surface area contributed by atoms with E-state index in [9.17, 15) is 4.79 Å². The molecule has 2 aromatic heterocycles. The van der Waals surface area contributed by atoms with Crippen LogP contribution in [0.4, 0.5) is 0 Å². The van der Waals surface area contributed by atoms with Gasteiger partial charge in [-0.05, 0) is 12.1 Å². The number of aromatic nitrogens is 4. The van der Waals surface area contributed by atoms with Crippen LogP contribution in [-0.2, 0) is 11.2 Å². The van der Waals surface area contributed by atoms with Crippen LogP contribution in [0.25, 0.3) is 11.5 Å². The third-order valence-corrected chi connectivity index (χ3v) is 1.74. The Balaban J connectivity index is 2.24. The Morgan fingerprint density at radius 1 is 1.47 bits per heavy atom. The highest BCUT2D eigenvalue weighted by molar-refractivity contribution is 5.69. The van der Waals surface area contributed by atoms with E-state index >= 15 is 0 Å². The molecule has 0 spiro atoms. The van der Waals surface area contributed by atoms with E-state index in [1.807, 2.05) is 6.07 Å². The zero-order chi connectivity index (χ0) is 10.7. The molecule has 0 aliphatic rings. The minimum atomic E-state index is -0.946. The van der Waals surface area contributed by atoms with Crippen LogP contribution in [0.3, 0.4) is 0 Å². The van der Waals surface area contributed by atoms with Crippen LogP contribution in [0.2, 0.25) is 0 Å². The first-order valence-electron chi connectivity index (χ1n) is 4.30. The molecule has 0 aliphatic carbocycles. The summed E-state index contributed by atoms with van der Waals surface area (Å²) in [7, 11) is 0. The summed E-state index contributed by atoms with van der Waals surface area (Å²) < 4.78 is 0. The molecule has 0 aromatic carbocycles. The summed E-state index contributed by atoms with van der Waals surface area (Å²) in [4.78, 5) is 18.5. The fourth-order valence-electron chi connectivity index (χ4n) is 1.13. The Kier molecular flexibility index (Phi) is 2.40. The van der Waals surface area contributed by atoms with Crippen LogP contribution >= 0.6 is 0 Å². The number of nitrogens with one attached hydrogen (secondary N) is 1. The molecule has 2 aromatic rings. The van der Waals surface area contributed by atoms with Gasteiger partial charge in [-0.2, -0.15) is 5.10 Å². The number of aliphatic carboxylic acids is 1. The molecule has 0 radical (unpaired) electrons. The van der Waals surface area contributed by atoms with Gasteiger partial charge in [-0.3, -0.25) is 14.9 Å². The number of aromatic amines is 1. The minimum absolute atomic E-state index is 0.167. The summed E-state index contributed by atoms with van der Waals surface area (Å²) in [6.07, 6.45) is 1.46. The Labute approximate surface area is 85.0 Å². The third-order valence-electron chi connectivity index (χ3n) is 1.74. The molecule has 0 fully saturated rings. The number of carboxylic acids is 1. The average molecular weight is 204 g/mol. The first-order valence-corrected chi connectivity index (χ1v) is 4.30. The smallest absolute Gasteiger partial charge is 0.311 e. The topological polar surface area (TPSA) is 91.8 Å². The summed E-state index contributed by atoms with van der Waals surface area (Å²) in [5.41, 5.74) is 0.616. The van der Waals surface area contributed by atoms with Crippen LogP contribution in [0.15, 0.2) is 24.4 Å². The van der Waals surface area contributed by atoms with Crippen LogP contribution in [0.5, 0.6) is 0 Å². The second kappa shape index (κ2) is 3.87. The van der Waals surface area contributed by atoms with Crippen molar-refractivity contribution in [3.8, 4) is 11.5 Å². The normalized spacial score (nSPS) is 10.1. The Morgan fingerprint density at radius 3 is 3.00 bits per heavy atom. The van der Waals surface area contributed by atoms with E-state index in [1.54, 1.807) is 18.3 Å². The standard InChI is InChI=1S/C9H8N4O2/c14-8(15)5-7-11-9(13-12-7)6-3-1-2-4-10-6/h1-4H,5H2,(H,14,15)(H,11,12,13).